The Morgan fingerprint density at radius 3 is 2.30 bits per heavy atom. The third-order valence-electron chi connectivity index (χ3n) is 6.38. The van der Waals surface area contributed by atoms with Crippen molar-refractivity contribution in [3.05, 3.63) is 24.3 Å². The molecule has 2 fully saturated rings. The van der Waals surface area contributed by atoms with Crippen LogP contribution < -0.4 is 10.2 Å². The number of hydrogen-bond acceptors (Lipinski definition) is 8. The second-order valence-electron chi connectivity index (χ2n) is 8.58. The van der Waals surface area contributed by atoms with Gasteiger partial charge in [0.15, 0.2) is 14.6 Å². The quantitative estimate of drug-likeness (QED) is 0.241. The monoisotopic (exact) mass is 483 g/mol. The highest BCUT2D eigenvalue weighted by Gasteiger charge is 2.52. The van der Waals surface area contributed by atoms with E-state index in [1.807, 2.05) is 0 Å². The van der Waals surface area contributed by atoms with E-state index in [-0.39, 0.29) is 56.0 Å². The highest BCUT2D eigenvalue weighted by atomic mass is 32.2. The molecule has 0 spiro atoms. The van der Waals surface area contributed by atoms with E-state index >= 15 is 0 Å². The standard InChI is InChI=1S/C21H29N3O8S/c1-20(2)18(26)24(19(27)23(20)3)11-4-12-32-15-5-7-16(8-6-15)33(29,30)21(17(25)22-28)9-13-31-14-10-21/h5-8,28H,4,9-14H2,1-3H3,(H,22,25). The number of sulfone groups is 1. The summed E-state index contributed by atoms with van der Waals surface area (Å²) in [5.74, 6) is -0.845. The third-order valence-corrected chi connectivity index (χ3v) is 8.90. The van der Waals surface area contributed by atoms with Gasteiger partial charge in [0.2, 0.25) is 0 Å². The summed E-state index contributed by atoms with van der Waals surface area (Å²) in [5, 5.41) is 9.11. The first-order chi connectivity index (χ1) is 15.5. The Labute approximate surface area is 192 Å². The normalized spacial score (nSPS) is 20.1. The van der Waals surface area contributed by atoms with E-state index < -0.39 is 26.0 Å². The SMILES string of the molecule is CN1C(=O)N(CCCOc2ccc(S(=O)(=O)C3(C(=O)NO)CCOCC3)cc2)C(=O)C1(C)C. The maximum Gasteiger partial charge on any atom is 0.327 e. The zero-order chi connectivity index (χ0) is 24.4. The molecule has 2 aliphatic rings. The third kappa shape index (κ3) is 4.30. The molecule has 3 rings (SSSR count). The van der Waals surface area contributed by atoms with Gasteiger partial charge >= 0.3 is 6.03 Å². The predicted molar refractivity (Wildman–Crippen MR) is 115 cm³/mol. The van der Waals surface area contributed by atoms with Crippen molar-refractivity contribution in [2.75, 3.05) is 33.4 Å². The number of carbonyl (C=O) groups excluding carboxylic acids is 3. The number of ether oxygens (including phenoxy) is 2. The number of rotatable bonds is 8. The highest BCUT2D eigenvalue weighted by molar-refractivity contribution is 7.93. The topological polar surface area (TPSA) is 143 Å². The fraction of sp³-hybridized carbons (Fsp3) is 0.571. The molecule has 0 unspecified atom stereocenters. The Balaban J connectivity index is 1.62. The Kier molecular flexibility index (Phi) is 7.01. The van der Waals surface area contributed by atoms with Gasteiger partial charge in [0, 0.05) is 26.8 Å². The molecule has 12 heteroatoms. The summed E-state index contributed by atoms with van der Waals surface area (Å²) in [6, 6.07) is 5.28. The molecule has 0 radical (unpaired) electrons. The first-order valence-corrected chi connectivity index (χ1v) is 12.1. The molecule has 0 saturated carbocycles. The Morgan fingerprint density at radius 2 is 1.79 bits per heavy atom. The molecule has 2 N–H and O–H groups in total. The van der Waals surface area contributed by atoms with Crippen LogP contribution in [0, 0.1) is 0 Å². The lowest BCUT2D eigenvalue weighted by atomic mass is 9.98. The number of nitrogens with one attached hydrogen (secondary N) is 1. The van der Waals surface area contributed by atoms with Gasteiger partial charge in [-0.15, -0.1) is 0 Å². The fourth-order valence-corrected chi connectivity index (χ4v) is 5.89. The summed E-state index contributed by atoms with van der Waals surface area (Å²) in [4.78, 5) is 39.4. The smallest absolute Gasteiger partial charge is 0.327 e. The molecule has 2 aliphatic heterocycles. The molecule has 2 saturated heterocycles. The molecule has 0 bridgehead atoms. The maximum absolute atomic E-state index is 13.2. The van der Waals surface area contributed by atoms with E-state index in [1.54, 1.807) is 20.9 Å². The number of likely N-dealkylation sites (N-methyl/N-ethyl adjacent to an activating group) is 1. The van der Waals surface area contributed by atoms with Crippen LogP contribution in [0.3, 0.4) is 0 Å². The van der Waals surface area contributed by atoms with Crippen LogP contribution in [0.1, 0.15) is 33.1 Å². The molecule has 1 aromatic carbocycles. The lowest BCUT2D eigenvalue weighted by Crippen LogP contribution is -2.54. The lowest BCUT2D eigenvalue weighted by molar-refractivity contribution is -0.134. The van der Waals surface area contributed by atoms with Gasteiger partial charge in [0.05, 0.1) is 11.5 Å². The second kappa shape index (κ2) is 9.27. The van der Waals surface area contributed by atoms with Gasteiger partial charge in [-0.2, -0.15) is 0 Å². The summed E-state index contributed by atoms with van der Waals surface area (Å²) in [6.45, 7) is 3.97. The van der Waals surface area contributed by atoms with Crippen molar-refractivity contribution in [3.8, 4) is 5.75 Å². The van der Waals surface area contributed by atoms with E-state index in [4.69, 9.17) is 14.7 Å². The van der Waals surface area contributed by atoms with E-state index in [0.29, 0.717) is 12.2 Å². The lowest BCUT2D eigenvalue weighted by Gasteiger charge is -2.34. The van der Waals surface area contributed by atoms with Crippen molar-refractivity contribution >= 4 is 27.7 Å². The number of imide groups is 1. The van der Waals surface area contributed by atoms with Crippen molar-refractivity contribution < 1.29 is 37.5 Å². The molecule has 2 heterocycles. The highest BCUT2D eigenvalue weighted by Crippen LogP contribution is 2.35. The molecule has 4 amide bonds. The summed E-state index contributed by atoms with van der Waals surface area (Å²) < 4.78 is 35.5. The minimum absolute atomic E-state index is 0.0695. The number of hydroxylamine groups is 1. The average Bonchev–Trinajstić information content (AvgIpc) is 2.96. The van der Waals surface area contributed by atoms with Crippen LogP contribution in [0.15, 0.2) is 29.2 Å². The number of hydrogen-bond donors (Lipinski definition) is 2. The summed E-state index contributed by atoms with van der Waals surface area (Å²) >= 11 is 0. The molecule has 11 nitrogen and oxygen atoms in total. The van der Waals surface area contributed by atoms with Gasteiger partial charge in [-0.3, -0.25) is 19.7 Å². The number of amides is 4. The zero-order valence-electron chi connectivity index (χ0n) is 18.9. The van der Waals surface area contributed by atoms with Gasteiger partial charge < -0.3 is 14.4 Å². The first kappa shape index (κ1) is 24.9. The first-order valence-electron chi connectivity index (χ1n) is 10.6. The Hall–Kier alpha value is -2.70. The van der Waals surface area contributed by atoms with Crippen molar-refractivity contribution in [1.29, 1.82) is 0 Å². The number of urea groups is 1. The molecule has 0 aromatic heterocycles. The Bertz CT molecular complexity index is 1020. The van der Waals surface area contributed by atoms with Crippen molar-refractivity contribution in [2.45, 2.75) is 48.3 Å². The van der Waals surface area contributed by atoms with Crippen LogP contribution in [0.5, 0.6) is 5.75 Å². The van der Waals surface area contributed by atoms with E-state index in [1.165, 1.54) is 39.5 Å². The van der Waals surface area contributed by atoms with Crippen LogP contribution in [-0.2, 0) is 24.2 Å². The van der Waals surface area contributed by atoms with Crippen molar-refractivity contribution in [3.63, 3.8) is 0 Å². The number of nitrogens with zero attached hydrogens (tertiary/aromatic N) is 2. The number of benzene rings is 1. The molecule has 182 valence electrons. The number of carbonyl (C=O) groups is 3. The van der Waals surface area contributed by atoms with Crippen molar-refractivity contribution in [2.24, 2.45) is 0 Å². The van der Waals surface area contributed by atoms with Gasteiger partial charge in [0.25, 0.3) is 11.8 Å². The maximum atomic E-state index is 13.2. The van der Waals surface area contributed by atoms with Gasteiger partial charge in [-0.25, -0.2) is 18.7 Å². The summed E-state index contributed by atoms with van der Waals surface area (Å²) in [6.07, 6.45) is 0.265. The molecular weight excluding hydrogens is 454 g/mol. The van der Waals surface area contributed by atoms with Crippen LogP contribution in [-0.4, -0.2) is 85.0 Å². The van der Waals surface area contributed by atoms with Crippen LogP contribution in [0.25, 0.3) is 0 Å². The van der Waals surface area contributed by atoms with E-state index in [2.05, 4.69) is 0 Å². The summed E-state index contributed by atoms with van der Waals surface area (Å²) in [7, 11) is -2.53. The van der Waals surface area contributed by atoms with Gasteiger partial charge in [-0.05, 0) is 57.4 Å². The largest absolute Gasteiger partial charge is 0.494 e. The molecular formula is C21H29N3O8S. The summed E-state index contributed by atoms with van der Waals surface area (Å²) in [5.41, 5.74) is 0.600. The zero-order valence-corrected chi connectivity index (χ0v) is 19.7. The van der Waals surface area contributed by atoms with Crippen molar-refractivity contribution in [1.82, 2.24) is 15.3 Å². The fourth-order valence-electron chi connectivity index (χ4n) is 3.95. The van der Waals surface area contributed by atoms with Crippen LogP contribution >= 0.6 is 0 Å². The van der Waals surface area contributed by atoms with Gasteiger partial charge in [0.1, 0.15) is 11.3 Å². The average molecular weight is 484 g/mol. The second-order valence-corrected chi connectivity index (χ2v) is 10.8. The van der Waals surface area contributed by atoms with Gasteiger partial charge in [-0.1, -0.05) is 0 Å². The molecule has 0 atom stereocenters. The predicted octanol–water partition coefficient (Wildman–Crippen LogP) is 0.956. The minimum Gasteiger partial charge on any atom is -0.494 e. The Morgan fingerprint density at radius 1 is 1.18 bits per heavy atom. The molecule has 0 aliphatic carbocycles. The molecule has 33 heavy (non-hydrogen) atoms. The minimum atomic E-state index is -4.11. The van der Waals surface area contributed by atoms with Crippen LogP contribution in [0.4, 0.5) is 4.79 Å². The van der Waals surface area contributed by atoms with E-state index in [9.17, 15) is 22.8 Å². The van der Waals surface area contributed by atoms with E-state index in [0.717, 1.165) is 0 Å². The van der Waals surface area contributed by atoms with Crippen LogP contribution in [0.2, 0.25) is 0 Å². The molecule has 1 aromatic rings.